The van der Waals surface area contributed by atoms with E-state index in [4.69, 9.17) is 4.84 Å². The Morgan fingerprint density at radius 1 is 1.24 bits per heavy atom. The molecule has 2 aromatic carbocycles. The highest BCUT2D eigenvalue weighted by Gasteiger charge is 2.24. The summed E-state index contributed by atoms with van der Waals surface area (Å²) in [5, 5.41) is 3.50. The molecule has 1 aliphatic heterocycles. The number of nitrogens with one attached hydrogen (secondary N) is 3. The third-order valence-electron chi connectivity index (χ3n) is 4.30. The van der Waals surface area contributed by atoms with Crippen LogP contribution in [0.4, 0.5) is 8.78 Å². The number of carbonyl (C=O) groups excluding carboxylic acids is 1. The van der Waals surface area contributed by atoms with Gasteiger partial charge >= 0.3 is 0 Å². The molecule has 0 bridgehead atoms. The lowest BCUT2D eigenvalue weighted by Crippen LogP contribution is -2.21. The van der Waals surface area contributed by atoms with Crippen molar-refractivity contribution in [2.45, 2.75) is 13.2 Å². The predicted molar refractivity (Wildman–Crippen MR) is 88.7 cm³/mol. The lowest BCUT2D eigenvalue weighted by atomic mass is 10.0. The first-order valence-corrected chi connectivity index (χ1v) is 7.78. The maximum atomic E-state index is 14.3. The van der Waals surface area contributed by atoms with E-state index in [0.717, 1.165) is 0 Å². The van der Waals surface area contributed by atoms with Crippen LogP contribution < -0.4 is 10.8 Å². The summed E-state index contributed by atoms with van der Waals surface area (Å²) in [5.41, 5.74) is 5.39. The Morgan fingerprint density at radius 2 is 2.08 bits per heavy atom. The number of halogens is 2. The quantitative estimate of drug-likeness (QED) is 0.685. The van der Waals surface area contributed by atoms with Gasteiger partial charge in [0.15, 0.2) is 0 Å². The molecule has 0 unspecified atom stereocenters. The van der Waals surface area contributed by atoms with Gasteiger partial charge < -0.3 is 10.3 Å². The van der Waals surface area contributed by atoms with Crippen LogP contribution in [-0.4, -0.2) is 17.9 Å². The van der Waals surface area contributed by atoms with Crippen LogP contribution in [0.5, 0.6) is 0 Å². The van der Waals surface area contributed by atoms with E-state index in [1.807, 2.05) is 0 Å². The molecule has 128 valence electrons. The van der Waals surface area contributed by atoms with Crippen LogP contribution in [0.2, 0.25) is 0 Å². The van der Waals surface area contributed by atoms with Gasteiger partial charge in [-0.1, -0.05) is 12.1 Å². The number of hydrogen-bond acceptors (Lipinski definition) is 3. The van der Waals surface area contributed by atoms with E-state index >= 15 is 0 Å². The highest BCUT2D eigenvalue weighted by molar-refractivity contribution is 6.09. The first-order chi connectivity index (χ1) is 12.1. The number of rotatable bonds is 3. The molecule has 1 amide bonds. The summed E-state index contributed by atoms with van der Waals surface area (Å²) >= 11 is 0. The Kier molecular flexibility index (Phi) is 3.74. The van der Waals surface area contributed by atoms with E-state index < -0.39 is 11.7 Å². The highest BCUT2D eigenvalue weighted by Crippen LogP contribution is 2.35. The van der Waals surface area contributed by atoms with Gasteiger partial charge in [0.1, 0.15) is 18.2 Å². The molecule has 7 heteroatoms. The third kappa shape index (κ3) is 2.57. The van der Waals surface area contributed by atoms with Gasteiger partial charge in [-0.15, -0.1) is 0 Å². The van der Waals surface area contributed by atoms with Gasteiger partial charge in [0.05, 0.1) is 11.3 Å². The Hall–Kier alpha value is -2.77. The summed E-state index contributed by atoms with van der Waals surface area (Å²) in [6, 6.07) is 7.39. The molecule has 0 saturated carbocycles. The number of carbonyl (C=O) groups is 1. The summed E-state index contributed by atoms with van der Waals surface area (Å²) in [4.78, 5) is 20.4. The first kappa shape index (κ1) is 15.7. The van der Waals surface area contributed by atoms with Crippen molar-refractivity contribution in [3.8, 4) is 11.3 Å². The average molecular weight is 343 g/mol. The molecule has 4 rings (SSSR count). The van der Waals surface area contributed by atoms with Gasteiger partial charge in [-0.25, -0.2) is 14.3 Å². The average Bonchev–Trinajstić information content (AvgIpc) is 2.85. The number of benzene rings is 2. The fourth-order valence-electron chi connectivity index (χ4n) is 3.20. The molecular weight excluding hydrogens is 328 g/mol. The third-order valence-corrected chi connectivity index (χ3v) is 4.30. The summed E-state index contributed by atoms with van der Waals surface area (Å²) in [6.45, 7) is 0.516. The minimum Gasteiger partial charge on any atom is -0.354 e. The zero-order valence-corrected chi connectivity index (χ0v) is 13.4. The largest absolute Gasteiger partial charge is 0.354 e. The van der Waals surface area contributed by atoms with Gasteiger partial charge in [-0.3, -0.25) is 9.63 Å². The van der Waals surface area contributed by atoms with Crippen molar-refractivity contribution >= 4 is 16.8 Å². The normalized spacial score (nSPS) is 13.8. The standard InChI is InChI=1S/C18H15F2N3O2/c1-21-7-10-3-2-9(4-14(10)20)17-13-8-25-23-18(24)12-5-11(19)6-15(22-17)16(12)13/h2-6,21-22H,7-8H2,1H3,(H,23,24). The molecule has 0 aliphatic carbocycles. The number of aromatic amines is 1. The highest BCUT2D eigenvalue weighted by atomic mass is 19.1. The second-order valence-corrected chi connectivity index (χ2v) is 5.91. The number of hydrogen-bond donors (Lipinski definition) is 3. The van der Waals surface area contributed by atoms with Crippen LogP contribution in [0.1, 0.15) is 21.5 Å². The van der Waals surface area contributed by atoms with Crippen LogP contribution in [-0.2, 0) is 18.0 Å². The first-order valence-electron chi connectivity index (χ1n) is 7.78. The zero-order chi connectivity index (χ0) is 17.6. The van der Waals surface area contributed by atoms with Crippen molar-refractivity contribution in [2.75, 3.05) is 7.05 Å². The molecule has 2 heterocycles. The van der Waals surface area contributed by atoms with Crippen molar-refractivity contribution in [3.05, 3.63) is 58.7 Å². The molecule has 5 nitrogen and oxygen atoms in total. The van der Waals surface area contributed by atoms with Crippen LogP contribution in [0, 0.1) is 11.6 Å². The lowest BCUT2D eigenvalue weighted by Gasteiger charge is -2.07. The summed E-state index contributed by atoms with van der Waals surface area (Å²) in [5.74, 6) is -1.38. The molecule has 1 aromatic heterocycles. The van der Waals surface area contributed by atoms with E-state index in [9.17, 15) is 13.6 Å². The maximum absolute atomic E-state index is 14.3. The van der Waals surface area contributed by atoms with Crippen molar-refractivity contribution in [2.24, 2.45) is 0 Å². The molecular formula is C18H15F2N3O2. The van der Waals surface area contributed by atoms with Crippen molar-refractivity contribution in [1.29, 1.82) is 0 Å². The Balaban J connectivity index is 1.94. The summed E-state index contributed by atoms with van der Waals surface area (Å²) < 4.78 is 28.2. The molecule has 0 spiro atoms. The minimum absolute atomic E-state index is 0.0968. The summed E-state index contributed by atoms with van der Waals surface area (Å²) in [7, 11) is 1.75. The Labute approximate surface area is 141 Å². The molecule has 3 aromatic rings. The molecule has 1 aliphatic rings. The SMILES string of the molecule is CNCc1ccc(-c2[nH]c3cc(F)cc4c3c2CONC4=O)cc1F. The fourth-order valence-corrected chi connectivity index (χ4v) is 3.20. The van der Waals surface area contributed by atoms with E-state index in [2.05, 4.69) is 15.8 Å². The van der Waals surface area contributed by atoms with Crippen LogP contribution in [0.3, 0.4) is 0 Å². The number of hydroxylamine groups is 1. The van der Waals surface area contributed by atoms with Crippen molar-refractivity contribution in [3.63, 3.8) is 0 Å². The van der Waals surface area contributed by atoms with Gasteiger partial charge in [-0.05, 0) is 25.2 Å². The smallest absolute Gasteiger partial charge is 0.275 e. The van der Waals surface area contributed by atoms with Gasteiger partial charge in [0.25, 0.3) is 5.91 Å². The minimum atomic E-state index is -0.533. The summed E-state index contributed by atoms with van der Waals surface area (Å²) in [6.07, 6.45) is 0. The Bertz CT molecular complexity index is 998. The second kappa shape index (κ2) is 5.94. The van der Waals surface area contributed by atoms with E-state index in [1.165, 1.54) is 18.2 Å². The molecule has 3 N–H and O–H groups in total. The number of aromatic nitrogens is 1. The van der Waals surface area contributed by atoms with Crippen LogP contribution in [0.15, 0.2) is 30.3 Å². The number of H-pyrrole nitrogens is 1. The van der Waals surface area contributed by atoms with E-state index in [-0.39, 0.29) is 18.0 Å². The monoisotopic (exact) mass is 343 g/mol. The van der Waals surface area contributed by atoms with Crippen LogP contribution in [0.25, 0.3) is 22.2 Å². The Morgan fingerprint density at radius 3 is 2.84 bits per heavy atom. The lowest BCUT2D eigenvalue weighted by molar-refractivity contribution is 0.0255. The zero-order valence-electron chi connectivity index (χ0n) is 13.4. The van der Waals surface area contributed by atoms with Crippen LogP contribution >= 0.6 is 0 Å². The molecule has 0 saturated heterocycles. The maximum Gasteiger partial charge on any atom is 0.275 e. The van der Waals surface area contributed by atoms with Gasteiger partial charge in [0, 0.05) is 34.1 Å². The topological polar surface area (TPSA) is 66.2 Å². The van der Waals surface area contributed by atoms with Crippen molar-refractivity contribution < 1.29 is 18.4 Å². The number of amides is 1. The van der Waals surface area contributed by atoms with E-state index in [0.29, 0.717) is 39.8 Å². The molecule has 25 heavy (non-hydrogen) atoms. The van der Waals surface area contributed by atoms with Crippen molar-refractivity contribution in [1.82, 2.24) is 15.8 Å². The molecule has 0 atom stereocenters. The molecule has 0 radical (unpaired) electrons. The van der Waals surface area contributed by atoms with Gasteiger partial charge in [0.2, 0.25) is 0 Å². The fraction of sp³-hybridized carbons (Fsp3) is 0.167. The van der Waals surface area contributed by atoms with E-state index in [1.54, 1.807) is 19.2 Å². The van der Waals surface area contributed by atoms with Gasteiger partial charge in [-0.2, -0.15) is 0 Å². The molecule has 0 fully saturated rings. The predicted octanol–water partition coefficient (Wildman–Crippen LogP) is 3.01. The second-order valence-electron chi connectivity index (χ2n) is 5.91.